The molecule has 1 unspecified atom stereocenters. The Hall–Kier alpha value is -1.46. The molecule has 0 aliphatic heterocycles. The average Bonchev–Trinajstić information content (AvgIpc) is 2.83. The van der Waals surface area contributed by atoms with E-state index in [0.717, 1.165) is 10.2 Å². The highest BCUT2D eigenvalue weighted by Crippen LogP contribution is 2.28. The Bertz CT molecular complexity index is 612. The molecule has 0 amide bonds. The number of carbonyl (C=O) groups is 1. The van der Waals surface area contributed by atoms with Gasteiger partial charge in [-0.2, -0.15) is 0 Å². The van der Waals surface area contributed by atoms with Crippen LogP contribution in [-0.2, 0) is 0 Å². The van der Waals surface area contributed by atoms with Gasteiger partial charge in [-0.25, -0.2) is 4.79 Å². The van der Waals surface area contributed by atoms with Gasteiger partial charge in [0.05, 0.1) is 11.1 Å². The fourth-order valence-electron chi connectivity index (χ4n) is 1.61. The molecule has 1 atom stereocenters. The number of rotatable bonds is 4. The van der Waals surface area contributed by atoms with E-state index in [-0.39, 0.29) is 11.8 Å². The van der Waals surface area contributed by atoms with E-state index in [1.54, 1.807) is 12.1 Å². The number of halogens is 2. The number of aromatic carboxylic acids is 1. The van der Waals surface area contributed by atoms with Gasteiger partial charge in [0.25, 0.3) is 0 Å². The van der Waals surface area contributed by atoms with E-state index < -0.39 is 5.97 Å². The molecule has 2 N–H and O–H groups in total. The first kappa shape index (κ1) is 14.0. The molecule has 6 heteroatoms. The fraction of sp³-hybridized carbons (Fsp3) is 0.154. The van der Waals surface area contributed by atoms with E-state index in [2.05, 4.69) is 21.2 Å². The molecule has 19 heavy (non-hydrogen) atoms. The molecule has 0 bridgehead atoms. The van der Waals surface area contributed by atoms with E-state index in [4.69, 9.17) is 21.1 Å². The summed E-state index contributed by atoms with van der Waals surface area (Å²) < 4.78 is 6.05. The molecule has 2 rings (SSSR count). The van der Waals surface area contributed by atoms with Gasteiger partial charge in [0, 0.05) is 10.2 Å². The first-order valence-corrected chi connectivity index (χ1v) is 6.69. The Kier molecular flexibility index (Phi) is 4.17. The Morgan fingerprint density at radius 2 is 2.16 bits per heavy atom. The topological polar surface area (TPSA) is 62.5 Å². The molecule has 1 heterocycles. The van der Waals surface area contributed by atoms with Gasteiger partial charge in [-0.15, -0.1) is 0 Å². The lowest BCUT2D eigenvalue weighted by molar-refractivity contribution is 0.0660. The third-order valence-corrected chi connectivity index (χ3v) is 3.80. The predicted molar refractivity (Wildman–Crippen MR) is 76.9 cm³/mol. The van der Waals surface area contributed by atoms with Crippen molar-refractivity contribution in [1.29, 1.82) is 0 Å². The van der Waals surface area contributed by atoms with Gasteiger partial charge >= 0.3 is 5.97 Å². The molecule has 100 valence electrons. The molecule has 0 spiro atoms. The van der Waals surface area contributed by atoms with E-state index in [9.17, 15) is 4.79 Å². The maximum atomic E-state index is 10.7. The maximum Gasteiger partial charge on any atom is 0.371 e. The number of anilines is 1. The van der Waals surface area contributed by atoms with Crippen LogP contribution in [0.25, 0.3) is 0 Å². The summed E-state index contributed by atoms with van der Waals surface area (Å²) in [6, 6.07) is 8.40. The highest BCUT2D eigenvalue weighted by Gasteiger charge is 2.14. The molecule has 0 radical (unpaired) electrons. The van der Waals surface area contributed by atoms with Crippen molar-refractivity contribution in [3.05, 3.63) is 51.3 Å². The Balaban J connectivity index is 2.13. The van der Waals surface area contributed by atoms with Crippen LogP contribution in [-0.4, -0.2) is 11.1 Å². The molecular weight excluding hydrogens is 334 g/mol. The average molecular weight is 345 g/mol. The highest BCUT2D eigenvalue weighted by molar-refractivity contribution is 9.10. The Morgan fingerprint density at radius 3 is 2.74 bits per heavy atom. The van der Waals surface area contributed by atoms with Crippen molar-refractivity contribution in [3.8, 4) is 0 Å². The van der Waals surface area contributed by atoms with Crippen LogP contribution in [0.4, 0.5) is 5.69 Å². The molecule has 2 aromatic rings. The molecule has 4 nitrogen and oxygen atoms in total. The maximum absolute atomic E-state index is 10.7. The van der Waals surface area contributed by atoms with Crippen LogP contribution in [0.3, 0.4) is 0 Å². The number of carboxylic acid groups (broad SMARTS) is 1. The van der Waals surface area contributed by atoms with E-state index in [1.165, 1.54) is 6.07 Å². The second-order valence-corrected chi connectivity index (χ2v) is 5.26. The summed E-state index contributed by atoms with van der Waals surface area (Å²) in [5.74, 6) is -0.598. The zero-order valence-corrected chi connectivity index (χ0v) is 12.3. The standard InChI is InChI=1S/C13H11BrClNO3/c1-7(11-4-5-12(19-11)13(17)18)16-8-2-3-9(14)10(15)6-8/h2-7,16H,1H3,(H,17,18). The van der Waals surface area contributed by atoms with Crippen molar-refractivity contribution >= 4 is 39.2 Å². The van der Waals surface area contributed by atoms with E-state index >= 15 is 0 Å². The summed E-state index contributed by atoms with van der Waals surface area (Å²) in [5, 5.41) is 12.6. The first-order valence-electron chi connectivity index (χ1n) is 5.52. The van der Waals surface area contributed by atoms with Crippen LogP contribution in [0.15, 0.2) is 39.2 Å². The predicted octanol–water partition coefficient (Wildman–Crippen LogP) is 4.57. The van der Waals surface area contributed by atoms with Gasteiger partial charge in [-0.05, 0) is 53.2 Å². The van der Waals surface area contributed by atoms with Crippen molar-refractivity contribution in [1.82, 2.24) is 0 Å². The van der Waals surface area contributed by atoms with Crippen LogP contribution >= 0.6 is 27.5 Å². The second-order valence-electron chi connectivity index (χ2n) is 4.00. The largest absolute Gasteiger partial charge is 0.475 e. The Morgan fingerprint density at radius 1 is 1.42 bits per heavy atom. The summed E-state index contributed by atoms with van der Waals surface area (Å²) in [5.41, 5.74) is 0.828. The van der Waals surface area contributed by atoms with Crippen LogP contribution in [0.2, 0.25) is 5.02 Å². The first-order chi connectivity index (χ1) is 8.97. The second kappa shape index (κ2) is 5.67. The molecule has 1 aromatic carbocycles. The molecule has 0 fully saturated rings. The minimum absolute atomic E-state index is 0.0718. The van der Waals surface area contributed by atoms with Crippen LogP contribution in [0, 0.1) is 0 Å². The van der Waals surface area contributed by atoms with Crippen molar-refractivity contribution in [2.24, 2.45) is 0 Å². The summed E-state index contributed by atoms with van der Waals surface area (Å²) in [7, 11) is 0. The van der Waals surface area contributed by atoms with E-state index in [1.807, 2.05) is 19.1 Å². The van der Waals surface area contributed by atoms with Gasteiger partial charge in [-0.3, -0.25) is 0 Å². The monoisotopic (exact) mass is 343 g/mol. The van der Waals surface area contributed by atoms with Gasteiger partial charge in [0.2, 0.25) is 5.76 Å². The van der Waals surface area contributed by atoms with Crippen molar-refractivity contribution < 1.29 is 14.3 Å². The minimum Gasteiger partial charge on any atom is -0.475 e. The fourth-order valence-corrected chi connectivity index (χ4v) is 2.03. The number of hydrogen-bond donors (Lipinski definition) is 2. The quantitative estimate of drug-likeness (QED) is 0.853. The third kappa shape index (κ3) is 3.30. The lowest BCUT2D eigenvalue weighted by Crippen LogP contribution is -2.05. The number of nitrogens with one attached hydrogen (secondary N) is 1. The number of hydrogen-bond acceptors (Lipinski definition) is 3. The lowest BCUT2D eigenvalue weighted by atomic mass is 10.2. The highest BCUT2D eigenvalue weighted by atomic mass is 79.9. The normalized spacial score (nSPS) is 12.2. The molecular formula is C13H11BrClNO3. The third-order valence-electron chi connectivity index (χ3n) is 2.57. The molecule has 0 aliphatic carbocycles. The summed E-state index contributed by atoms with van der Waals surface area (Å²) in [4.78, 5) is 10.7. The van der Waals surface area contributed by atoms with Crippen molar-refractivity contribution in [3.63, 3.8) is 0 Å². The molecule has 0 aliphatic rings. The van der Waals surface area contributed by atoms with Crippen molar-refractivity contribution in [2.45, 2.75) is 13.0 Å². The van der Waals surface area contributed by atoms with E-state index in [0.29, 0.717) is 10.8 Å². The summed E-state index contributed by atoms with van der Waals surface area (Å²) in [6.07, 6.45) is 0. The smallest absolute Gasteiger partial charge is 0.371 e. The van der Waals surface area contributed by atoms with Crippen LogP contribution in [0.1, 0.15) is 29.3 Å². The summed E-state index contributed by atoms with van der Waals surface area (Å²) >= 11 is 9.32. The number of furan rings is 1. The summed E-state index contributed by atoms with van der Waals surface area (Å²) in [6.45, 7) is 1.88. The Labute approximate surface area is 123 Å². The van der Waals surface area contributed by atoms with Gasteiger partial charge < -0.3 is 14.8 Å². The molecule has 0 saturated heterocycles. The number of benzene rings is 1. The minimum atomic E-state index is -1.08. The number of carboxylic acids is 1. The lowest BCUT2D eigenvalue weighted by Gasteiger charge is -2.13. The van der Waals surface area contributed by atoms with Crippen molar-refractivity contribution in [2.75, 3.05) is 5.32 Å². The van der Waals surface area contributed by atoms with Gasteiger partial charge in [-0.1, -0.05) is 11.6 Å². The van der Waals surface area contributed by atoms with Gasteiger partial charge in [0.15, 0.2) is 0 Å². The molecule has 0 saturated carbocycles. The van der Waals surface area contributed by atoms with Crippen LogP contribution in [0.5, 0.6) is 0 Å². The van der Waals surface area contributed by atoms with Gasteiger partial charge in [0.1, 0.15) is 5.76 Å². The zero-order chi connectivity index (χ0) is 14.0. The molecule has 1 aromatic heterocycles. The zero-order valence-electron chi connectivity index (χ0n) is 9.98. The van der Waals surface area contributed by atoms with Crippen LogP contribution < -0.4 is 5.32 Å². The SMILES string of the molecule is CC(Nc1ccc(Br)c(Cl)c1)c1ccc(C(=O)O)o1.